The Bertz CT molecular complexity index is 2310. The van der Waals surface area contributed by atoms with Gasteiger partial charge in [-0.1, -0.05) is 72.8 Å². The highest BCUT2D eigenvalue weighted by Crippen LogP contribution is 2.19. The lowest BCUT2D eigenvalue weighted by Crippen LogP contribution is -2.42. The van der Waals surface area contributed by atoms with Gasteiger partial charge in [-0.15, -0.1) is 0 Å². The minimum atomic E-state index is -1.40. The van der Waals surface area contributed by atoms with Gasteiger partial charge in [0.15, 0.2) is 23.1 Å². The summed E-state index contributed by atoms with van der Waals surface area (Å²) in [5, 5.41) is 28.8. The summed E-state index contributed by atoms with van der Waals surface area (Å²) in [5.41, 5.74) is 1.39. The number of hydrogen-bond donors (Lipinski definition) is 6. The first-order chi connectivity index (χ1) is 30.3. The molecule has 332 valence electrons. The number of carboxylic acids is 2. The van der Waals surface area contributed by atoms with Gasteiger partial charge in [0.1, 0.15) is 0 Å². The van der Waals surface area contributed by atoms with Crippen molar-refractivity contribution in [3.05, 3.63) is 142 Å². The first-order valence-electron chi connectivity index (χ1n) is 20.0. The van der Waals surface area contributed by atoms with Gasteiger partial charge in [-0.05, 0) is 99.2 Å². The summed E-state index contributed by atoms with van der Waals surface area (Å²) in [6, 6.07) is 21.0. The molecule has 0 aliphatic heterocycles. The standard InChI is InChI=1S/C48H48N4O12/c1-27(53)39(21-31-11-7-5-8-12-31)49-45(61)35-17-33(19-37(23-35)47(63)51-41(29(3)55)25-43(57)58)15-16-34-18-36(24-38(20-34)48(64)52-42(30(4)56)26-44(59)60)46(62)50-40(28(2)54)22-32-13-9-6-10-14-32/h5-20,23-24,39-42H,21-22,25-26H2,1-4H3,(H,49,61)(H,50,62)(H,51,63)(H,52,64)(H,57,58)(H,59,60). The van der Waals surface area contributed by atoms with Crippen LogP contribution in [-0.2, 0) is 41.6 Å². The monoisotopic (exact) mass is 872 g/mol. The number of amides is 4. The lowest BCUT2D eigenvalue weighted by atomic mass is 9.99. The molecule has 4 aromatic carbocycles. The van der Waals surface area contributed by atoms with Crippen LogP contribution in [0, 0.1) is 0 Å². The van der Waals surface area contributed by atoms with Crippen LogP contribution in [0.2, 0.25) is 0 Å². The molecular weight excluding hydrogens is 825 g/mol. The van der Waals surface area contributed by atoms with E-state index in [4.69, 9.17) is 0 Å². The van der Waals surface area contributed by atoms with Crippen LogP contribution >= 0.6 is 0 Å². The minimum absolute atomic E-state index is 0.0974. The number of aliphatic carboxylic acids is 2. The van der Waals surface area contributed by atoms with Crippen LogP contribution in [0.15, 0.2) is 97.1 Å². The maximum atomic E-state index is 13.8. The van der Waals surface area contributed by atoms with E-state index in [2.05, 4.69) is 21.3 Å². The molecule has 0 heterocycles. The Hall–Kier alpha value is -7.88. The number of benzene rings is 4. The number of carboxylic acid groups (broad SMARTS) is 2. The number of carbonyl (C=O) groups is 10. The zero-order valence-electron chi connectivity index (χ0n) is 35.5. The maximum Gasteiger partial charge on any atom is 0.305 e. The highest BCUT2D eigenvalue weighted by molar-refractivity contribution is 6.05. The Morgan fingerprint density at radius 2 is 0.688 bits per heavy atom. The summed E-state index contributed by atoms with van der Waals surface area (Å²) in [5.74, 6) is -7.94. The van der Waals surface area contributed by atoms with Gasteiger partial charge in [0, 0.05) is 22.3 Å². The van der Waals surface area contributed by atoms with E-state index in [1.807, 2.05) is 0 Å². The van der Waals surface area contributed by atoms with E-state index in [1.165, 1.54) is 62.4 Å². The smallest absolute Gasteiger partial charge is 0.305 e. The first kappa shape index (κ1) is 48.8. The average Bonchev–Trinajstić information content (AvgIpc) is 3.24. The summed E-state index contributed by atoms with van der Waals surface area (Å²) >= 11 is 0. The molecule has 16 nitrogen and oxygen atoms in total. The molecular formula is C48H48N4O12. The summed E-state index contributed by atoms with van der Waals surface area (Å²) in [6.07, 6.45) is 1.75. The van der Waals surface area contributed by atoms with E-state index in [0.29, 0.717) is 0 Å². The van der Waals surface area contributed by atoms with Crippen molar-refractivity contribution in [2.45, 2.75) is 77.5 Å². The minimum Gasteiger partial charge on any atom is -0.481 e. The zero-order chi connectivity index (χ0) is 47.1. The van der Waals surface area contributed by atoms with Crippen molar-refractivity contribution in [3.63, 3.8) is 0 Å². The van der Waals surface area contributed by atoms with Gasteiger partial charge in [0.05, 0.1) is 37.0 Å². The molecule has 4 amide bonds. The molecule has 64 heavy (non-hydrogen) atoms. The molecule has 0 saturated heterocycles. The van der Waals surface area contributed by atoms with E-state index >= 15 is 0 Å². The van der Waals surface area contributed by atoms with Crippen LogP contribution in [0.5, 0.6) is 0 Å². The van der Waals surface area contributed by atoms with E-state index < -0.39 is 84.1 Å². The Morgan fingerprint density at radius 1 is 0.422 bits per heavy atom. The van der Waals surface area contributed by atoms with Crippen LogP contribution in [-0.4, -0.2) is 93.1 Å². The Kier molecular flexibility index (Phi) is 17.4. The second kappa shape index (κ2) is 22.8. The molecule has 0 aliphatic rings. The summed E-state index contributed by atoms with van der Waals surface area (Å²) in [7, 11) is 0. The van der Waals surface area contributed by atoms with Crippen molar-refractivity contribution < 1.29 is 58.2 Å². The number of nitrogens with one attached hydrogen (secondary N) is 4. The predicted octanol–water partition coefficient (Wildman–Crippen LogP) is 4.04. The normalized spacial score (nSPS) is 12.8. The average molecular weight is 873 g/mol. The van der Waals surface area contributed by atoms with Crippen LogP contribution in [0.4, 0.5) is 0 Å². The van der Waals surface area contributed by atoms with Gasteiger partial charge >= 0.3 is 11.9 Å². The number of hydrogen-bond acceptors (Lipinski definition) is 10. The molecule has 0 bridgehead atoms. The lowest BCUT2D eigenvalue weighted by molar-refractivity contribution is -0.139. The second-order valence-corrected chi connectivity index (χ2v) is 15.1. The highest BCUT2D eigenvalue weighted by Gasteiger charge is 2.26. The molecule has 4 rings (SSSR count). The quantitative estimate of drug-likeness (QED) is 0.0612. The third-order valence-corrected chi connectivity index (χ3v) is 9.93. The third-order valence-electron chi connectivity index (χ3n) is 9.93. The first-order valence-corrected chi connectivity index (χ1v) is 20.0. The molecule has 6 N–H and O–H groups in total. The fourth-order valence-electron chi connectivity index (χ4n) is 6.41. The van der Waals surface area contributed by atoms with Crippen molar-refractivity contribution in [2.75, 3.05) is 0 Å². The van der Waals surface area contributed by atoms with Crippen molar-refractivity contribution >= 4 is 70.9 Å². The van der Waals surface area contributed by atoms with E-state index in [1.54, 1.807) is 60.7 Å². The van der Waals surface area contributed by atoms with E-state index in [-0.39, 0.29) is 57.8 Å². The number of carbonyl (C=O) groups excluding carboxylic acids is 8. The Morgan fingerprint density at radius 3 is 0.938 bits per heavy atom. The fraction of sp³-hybridized carbons (Fsp3) is 0.250. The van der Waals surface area contributed by atoms with Gasteiger partial charge in [-0.3, -0.25) is 47.9 Å². The predicted molar refractivity (Wildman–Crippen MR) is 234 cm³/mol. The van der Waals surface area contributed by atoms with Crippen molar-refractivity contribution in [1.82, 2.24) is 21.3 Å². The van der Waals surface area contributed by atoms with Gasteiger partial charge < -0.3 is 31.5 Å². The molecule has 0 spiro atoms. The number of ketones is 4. The van der Waals surface area contributed by atoms with Crippen molar-refractivity contribution in [1.29, 1.82) is 0 Å². The van der Waals surface area contributed by atoms with Crippen molar-refractivity contribution in [3.8, 4) is 0 Å². The molecule has 4 unspecified atom stereocenters. The topological polar surface area (TPSA) is 259 Å². The largest absolute Gasteiger partial charge is 0.481 e. The van der Waals surface area contributed by atoms with Crippen LogP contribution < -0.4 is 21.3 Å². The Labute approximate surface area is 368 Å². The zero-order valence-corrected chi connectivity index (χ0v) is 35.5. The Balaban J connectivity index is 1.79. The number of rotatable bonds is 22. The molecule has 4 aromatic rings. The molecule has 16 heteroatoms. The molecule has 0 fully saturated rings. The van der Waals surface area contributed by atoms with Crippen LogP contribution in [0.25, 0.3) is 12.2 Å². The van der Waals surface area contributed by atoms with Gasteiger partial charge in [0.2, 0.25) is 0 Å². The van der Waals surface area contributed by atoms with E-state index in [0.717, 1.165) is 25.0 Å². The molecule has 4 atom stereocenters. The molecule has 0 aliphatic carbocycles. The molecule has 0 radical (unpaired) electrons. The maximum absolute atomic E-state index is 13.8. The summed E-state index contributed by atoms with van der Waals surface area (Å²) in [4.78, 5) is 127. The summed E-state index contributed by atoms with van der Waals surface area (Å²) < 4.78 is 0. The molecule has 0 saturated carbocycles. The second-order valence-electron chi connectivity index (χ2n) is 15.1. The van der Waals surface area contributed by atoms with Crippen molar-refractivity contribution in [2.24, 2.45) is 0 Å². The summed E-state index contributed by atoms with van der Waals surface area (Å²) in [6.45, 7) is 4.85. The van der Waals surface area contributed by atoms with Crippen LogP contribution in [0.3, 0.4) is 0 Å². The SMILES string of the molecule is CC(=O)C(CC(=O)O)NC(=O)c1cc(C=Cc2cc(C(=O)NC(CC(=O)O)C(C)=O)cc(C(=O)NC(Cc3ccccc3)C(C)=O)c2)cc(C(=O)NC(Cc2ccccc2)C(C)=O)c1. The molecule has 0 aromatic heterocycles. The van der Waals surface area contributed by atoms with Gasteiger partial charge in [-0.25, -0.2) is 0 Å². The van der Waals surface area contributed by atoms with Gasteiger partial charge in [0.25, 0.3) is 23.6 Å². The number of Topliss-reactive ketones (excluding diaryl/α,β-unsaturated/α-hetero) is 4. The van der Waals surface area contributed by atoms with Crippen LogP contribution in [0.1, 0.15) is 104 Å². The highest BCUT2D eigenvalue weighted by atomic mass is 16.4. The van der Waals surface area contributed by atoms with E-state index in [9.17, 15) is 58.2 Å². The lowest BCUT2D eigenvalue weighted by Gasteiger charge is -2.18. The third kappa shape index (κ3) is 14.9. The fourth-order valence-corrected chi connectivity index (χ4v) is 6.41. The van der Waals surface area contributed by atoms with Gasteiger partial charge in [-0.2, -0.15) is 0 Å².